The molecule has 0 fully saturated rings. The largest absolute Gasteiger partial charge is 0.309 e. The summed E-state index contributed by atoms with van der Waals surface area (Å²) in [5.41, 5.74) is 13.1. The SMILES string of the molecule is N#CC1=CCCc2c1n(-c1ccccc1-c1ccc(-c3ccc(-n4c5ccccc5c5cc(C#N)ccc54)cc3C#N)cc1)c1ccccc21. The average Bonchev–Trinajstić information content (AvgIpc) is 3.70. The van der Waals surface area contributed by atoms with Gasteiger partial charge in [-0.2, -0.15) is 15.8 Å². The molecule has 8 aromatic rings. The fourth-order valence-corrected chi connectivity index (χ4v) is 7.73. The van der Waals surface area contributed by atoms with Crippen molar-refractivity contribution in [3.63, 3.8) is 0 Å². The second-order valence-corrected chi connectivity index (χ2v) is 12.6. The van der Waals surface area contributed by atoms with Gasteiger partial charge in [-0.05, 0) is 83.6 Å². The Morgan fingerprint density at radius 3 is 1.96 bits per heavy atom. The van der Waals surface area contributed by atoms with Gasteiger partial charge in [0.05, 0.1) is 56.8 Å². The maximum atomic E-state index is 10.4. The van der Waals surface area contributed by atoms with Crippen molar-refractivity contribution in [2.75, 3.05) is 0 Å². The second-order valence-electron chi connectivity index (χ2n) is 12.6. The molecule has 0 unspecified atom stereocenters. The Labute approximate surface area is 289 Å². The van der Waals surface area contributed by atoms with E-state index in [4.69, 9.17) is 0 Å². The first-order valence-electron chi connectivity index (χ1n) is 16.6. The summed E-state index contributed by atoms with van der Waals surface area (Å²) in [6, 6.07) is 52.3. The van der Waals surface area contributed by atoms with Crippen LogP contribution in [0.5, 0.6) is 0 Å². The summed E-state index contributed by atoms with van der Waals surface area (Å²) >= 11 is 0. The zero-order chi connectivity index (χ0) is 33.8. The first-order chi connectivity index (χ1) is 24.7. The lowest BCUT2D eigenvalue weighted by Crippen LogP contribution is -2.05. The predicted octanol–water partition coefficient (Wildman–Crippen LogP) is 10.7. The molecule has 0 bridgehead atoms. The third-order valence-electron chi connectivity index (χ3n) is 9.93. The van der Waals surface area contributed by atoms with Gasteiger partial charge in [-0.15, -0.1) is 0 Å². The Kier molecular flexibility index (Phi) is 6.70. The van der Waals surface area contributed by atoms with Gasteiger partial charge in [-0.3, -0.25) is 0 Å². The maximum Gasteiger partial charge on any atom is 0.101 e. The Morgan fingerprint density at radius 1 is 0.520 bits per heavy atom. The van der Waals surface area contributed by atoms with E-state index in [0.29, 0.717) is 16.7 Å². The van der Waals surface area contributed by atoms with Crippen molar-refractivity contribution in [2.45, 2.75) is 12.8 Å². The molecule has 0 aliphatic heterocycles. The zero-order valence-corrected chi connectivity index (χ0v) is 26.9. The molecule has 1 aliphatic carbocycles. The van der Waals surface area contributed by atoms with Gasteiger partial charge in [-0.25, -0.2) is 0 Å². The van der Waals surface area contributed by atoms with Gasteiger partial charge in [0, 0.05) is 27.4 Å². The van der Waals surface area contributed by atoms with Crippen molar-refractivity contribution >= 4 is 38.3 Å². The van der Waals surface area contributed by atoms with Crippen LogP contribution >= 0.6 is 0 Å². The number of benzene rings is 6. The minimum absolute atomic E-state index is 0.580. The summed E-state index contributed by atoms with van der Waals surface area (Å²) in [6.45, 7) is 0. The number of fused-ring (bicyclic) bond motifs is 6. The average molecular weight is 638 g/mol. The molecule has 0 saturated heterocycles. The summed E-state index contributed by atoms with van der Waals surface area (Å²) in [4.78, 5) is 0. The number of hydrogen-bond donors (Lipinski definition) is 0. The van der Waals surface area contributed by atoms with E-state index in [1.807, 2.05) is 54.6 Å². The molecule has 0 spiro atoms. The first-order valence-corrected chi connectivity index (χ1v) is 16.6. The molecule has 0 atom stereocenters. The van der Waals surface area contributed by atoms with Crippen molar-refractivity contribution < 1.29 is 0 Å². The van der Waals surface area contributed by atoms with Crippen molar-refractivity contribution in [1.82, 2.24) is 9.13 Å². The fraction of sp³-hybridized carbons (Fsp3) is 0.0444. The minimum atomic E-state index is 0.580. The molecular formula is C45H27N5. The molecule has 5 heteroatoms. The number of rotatable bonds is 4. The van der Waals surface area contributed by atoms with Crippen LogP contribution in [0.4, 0.5) is 0 Å². The lowest BCUT2D eigenvalue weighted by Gasteiger charge is -2.18. The highest BCUT2D eigenvalue weighted by molar-refractivity contribution is 6.09. The van der Waals surface area contributed by atoms with Crippen LogP contribution in [0.1, 0.15) is 28.8 Å². The molecule has 6 aromatic carbocycles. The second kappa shape index (κ2) is 11.5. The molecule has 2 heterocycles. The van der Waals surface area contributed by atoms with E-state index in [0.717, 1.165) is 79.5 Å². The van der Waals surface area contributed by atoms with Crippen molar-refractivity contribution in [2.24, 2.45) is 0 Å². The molecule has 0 amide bonds. The summed E-state index contributed by atoms with van der Waals surface area (Å²) in [7, 11) is 0. The smallest absolute Gasteiger partial charge is 0.101 e. The van der Waals surface area contributed by atoms with Crippen molar-refractivity contribution in [3.05, 3.63) is 162 Å². The van der Waals surface area contributed by atoms with E-state index in [9.17, 15) is 15.8 Å². The Bertz CT molecular complexity index is 2840. The lowest BCUT2D eigenvalue weighted by atomic mass is 9.95. The first kappa shape index (κ1) is 29.0. The van der Waals surface area contributed by atoms with Crippen LogP contribution < -0.4 is 0 Å². The topological polar surface area (TPSA) is 81.2 Å². The van der Waals surface area contributed by atoms with Crippen LogP contribution in [0.3, 0.4) is 0 Å². The Morgan fingerprint density at radius 2 is 1.20 bits per heavy atom. The molecule has 232 valence electrons. The lowest BCUT2D eigenvalue weighted by molar-refractivity contribution is 0.960. The number of aromatic nitrogens is 2. The zero-order valence-electron chi connectivity index (χ0n) is 26.9. The number of aryl methyl sites for hydroxylation is 1. The number of para-hydroxylation sites is 3. The molecule has 50 heavy (non-hydrogen) atoms. The van der Waals surface area contributed by atoms with Gasteiger partial charge >= 0.3 is 0 Å². The van der Waals surface area contributed by atoms with E-state index >= 15 is 0 Å². The number of allylic oxidation sites excluding steroid dienone is 2. The van der Waals surface area contributed by atoms with Gasteiger partial charge in [0.2, 0.25) is 0 Å². The van der Waals surface area contributed by atoms with Gasteiger partial charge in [-0.1, -0.05) is 91.0 Å². The van der Waals surface area contributed by atoms with Crippen molar-refractivity contribution in [3.8, 4) is 51.8 Å². The normalized spacial score (nSPS) is 12.3. The van der Waals surface area contributed by atoms with Crippen LogP contribution in [0.2, 0.25) is 0 Å². The number of nitriles is 3. The summed E-state index contributed by atoms with van der Waals surface area (Å²) in [5.74, 6) is 0. The van der Waals surface area contributed by atoms with Gasteiger partial charge in [0.25, 0.3) is 0 Å². The van der Waals surface area contributed by atoms with Crippen LogP contribution in [-0.2, 0) is 6.42 Å². The Hall–Kier alpha value is -7.13. The molecule has 0 radical (unpaired) electrons. The maximum absolute atomic E-state index is 10.4. The molecule has 2 aromatic heterocycles. The Balaban J connectivity index is 1.13. The molecule has 5 nitrogen and oxygen atoms in total. The van der Waals surface area contributed by atoms with E-state index in [1.54, 1.807) is 0 Å². The standard InChI is InChI=1S/C45H27N5/c46-26-29-16-23-44-40(24-29)38-11-3-5-14-42(38)49(44)34-21-22-35(33(25-34)28-48)30-17-19-31(20-18-30)36-9-1-4-13-41(36)50-43-15-6-2-10-37(43)39-12-7-8-32(27-47)45(39)50/h1-6,8-11,13-25H,7,12H2. The van der Waals surface area contributed by atoms with Crippen molar-refractivity contribution in [1.29, 1.82) is 15.8 Å². The minimum Gasteiger partial charge on any atom is -0.309 e. The van der Waals surface area contributed by atoms with Gasteiger partial charge in [0.1, 0.15) is 6.07 Å². The van der Waals surface area contributed by atoms with E-state index in [2.05, 4.69) is 112 Å². The van der Waals surface area contributed by atoms with E-state index in [1.165, 1.54) is 10.9 Å². The highest BCUT2D eigenvalue weighted by Gasteiger charge is 2.25. The monoisotopic (exact) mass is 637 g/mol. The molecule has 1 aliphatic rings. The summed E-state index contributed by atoms with van der Waals surface area (Å²) in [6.07, 6.45) is 3.82. The van der Waals surface area contributed by atoms with Gasteiger partial charge in [0.15, 0.2) is 0 Å². The molecule has 9 rings (SSSR count). The van der Waals surface area contributed by atoms with Crippen LogP contribution in [0.15, 0.2) is 140 Å². The van der Waals surface area contributed by atoms with Crippen LogP contribution in [0.25, 0.3) is 71.9 Å². The van der Waals surface area contributed by atoms with E-state index in [-0.39, 0.29) is 0 Å². The number of hydrogen-bond acceptors (Lipinski definition) is 3. The summed E-state index contributed by atoms with van der Waals surface area (Å²) < 4.78 is 4.41. The third-order valence-corrected chi connectivity index (χ3v) is 9.93. The quantitative estimate of drug-likeness (QED) is 0.193. The fourth-order valence-electron chi connectivity index (χ4n) is 7.73. The number of nitrogens with zero attached hydrogens (tertiary/aromatic N) is 5. The van der Waals surface area contributed by atoms with Gasteiger partial charge < -0.3 is 9.13 Å². The molecule has 0 saturated carbocycles. The predicted molar refractivity (Wildman–Crippen MR) is 200 cm³/mol. The van der Waals surface area contributed by atoms with E-state index < -0.39 is 0 Å². The highest BCUT2D eigenvalue weighted by Crippen LogP contribution is 2.41. The third kappa shape index (κ3) is 4.37. The van der Waals surface area contributed by atoms with Crippen LogP contribution in [0, 0.1) is 34.0 Å². The molecular weight excluding hydrogens is 611 g/mol. The van der Waals surface area contributed by atoms with Crippen LogP contribution in [-0.4, -0.2) is 9.13 Å². The molecule has 0 N–H and O–H groups in total. The highest BCUT2D eigenvalue weighted by atomic mass is 15.0. The summed E-state index contributed by atoms with van der Waals surface area (Å²) in [5, 5.41) is 33.3.